The zero-order valence-electron chi connectivity index (χ0n) is 12.6. The number of benzene rings is 1. The van der Waals surface area contributed by atoms with Gasteiger partial charge in [-0.05, 0) is 19.8 Å². The maximum Gasteiger partial charge on any atom is 0.167 e. The molecule has 0 heterocycles. The minimum Gasteiger partial charge on any atom is -0.491 e. The molecule has 1 aromatic rings. The molecule has 4 nitrogen and oxygen atoms in total. The van der Waals surface area contributed by atoms with E-state index in [-0.39, 0.29) is 12.4 Å². The zero-order valence-corrected chi connectivity index (χ0v) is 12.6. The first-order valence-corrected chi connectivity index (χ1v) is 7.76. The van der Waals surface area contributed by atoms with Crippen molar-refractivity contribution in [1.29, 1.82) is 0 Å². The second-order valence-electron chi connectivity index (χ2n) is 5.48. The van der Waals surface area contributed by atoms with E-state index in [1.165, 1.54) is 25.3 Å². The highest BCUT2D eigenvalue weighted by Crippen LogP contribution is 2.35. The monoisotopic (exact) mass is 296 g/mol. The number of halogens is 1. The molecule has 0 radical (unpaired) electrons. The summed E-state index contributed by atoms with van der Waals surface area (Å²) in [5.41, 5.74) is 7.17. The Morgan fingerprint density at radius 1 is 1.33 bits per heavy atom. The fraction of sp³-hybridized carbons (Fsp3) is 0.625. The predicted octanol–water partition coefficient (Wildman–Crippen LogP) is 2.94. The minimum atomic E-state index is -0.439. The molecule has 0 saturated heterocycles. The number of aliphatic hydroxyl groups excluding tert-OH is 1. The molecule has 0 spiro atoms. The first kappa shape index (κ1) is 15.9. The normalized spacial score (nSPS) is 16.0. The van der Waals surface area contributed by atoms with Gasteiger partial charge in [-0.1, -0.05) is 19.3 Å². The Bertz CT molecular complexity index is 462. The number of nitrogens with two attached hydrogens (primary N) is 1. The molecule has 1 aliphatic carbocycles. The van der Waals surface area contributed by atoms with Crippen molar-refractivity contribution in [2.75, 3.05) is 30.4 Å². The van der Waals surface area contributed by atoms with Crippen LogP contribution in [0.3, 0.4) is 0 Å². The molecule has 0 amide bonds. The van der Waals surface area contributed by atoms with E-state index in [2.05, 4.69) is 4.90 Å². The third-order valence-electron chi connectivity index (χ3n) is 4.05. The van der Waals surface area contributed by atoms with Gasteiger partial charge in [0.15, 0.2) is 11.6 Å². The van der Waals surface area contributed by atoms with Crippen LogP contribution >= 0.6 is 0 Å². The molecular formula is C16H25FN2O2. The van der Waals surface area contributed by atoms with Gasteiger partial charge in [-0.25, -0.2) is 4.39 Å². The number of anilines is 2. The molecule has 1 saturated carbocycles. The van der Waals surface area contributed by atoms with Crippen LogP contribution in [0.1, 0.15) is 39.0 Å². The smallest absolute Gasteiger partial charge is 0.167 e. The molecule has 1 aliphatic rings. The Kier molecular flexibility index (Phi) is 5.67. The van der Waals surface area contributed by atoms with Crippen molar-refractivity contribution in [2.24, 2.45) is 0 Å². The van der Waals surface area contributed by atoms with Gasteiger partial charge in [0, 0.05) is 24.7 Å². The number of aliphatic hydroxyl groups is 1. The fourth-order valence-corrected chi connectivity index (χ4v) is 3.07. The van der Waals surface area contributed by atoms with Crippen molar-refractivity contribution >= 4 is 11.4 Å². The first-order chi connectivity index (χ1) is 10.2. The topological polar surface area (TPSA) is 58.7 Å². The van der Waals surface area contributed by atoms with Gasteiger partial charge >= 0.3 is 0 Å². The number of nitrogens with zero attached hydrogens (tertiary/aromatic N) is 1. The Labute approximate surface area is 125 Å². The van der Waals surface area contributed by atoms with Gasteiger partial charge < -0.3 is 20.5 Å². The molecule has 0 aromatic heterocycles. The summed E-state index contributed by atoms with van der Waals surface area (Å²) >= 11 is 0. The molecule has 21 heavy (non-hydrogen) atoms. The molecular weight excluding hydrogens is 271 g/mol. The molecule has 0 aliphatic heterocycles. The summed E-state index contributed by atoms with van der Waals surface area (Å²) in [6, 6.07) is 3.33. The van der Waals surface area contributed by atoms with E-state index in [1.54, 1.807) is 6.07 Å². The van der Waals surface area contributed by atoms with Crippen LogP contribution < -0.4 is 15.4 Å². The maximum atomic E-state index is 13.8. The van der Waals surface area contributed by atoms with E-state index in [1.807, 2.05) is 6.92 Å². The Morgan fingerprint density at radius 3 is 2.67 bits per heavy atom. The lowest BCUT2D eigenvalue weighted by Gasteiger charge is -2.36. The van der Waals surface area contributed by atoms with Crippen LogP contribution in [0.25, 0.3) is 0 Å². The highest BCUT2D eigenvalue weighted by Gasteiger charge is 2.24. The summed E-state index contributed by atoms with van der Waals surface area (Å²) in [6.07, 6.45) is 5.80. The lowest BCUT2D eigenvalue weighted by atomic mass is 9.93. The number of nitrogen functional groups attached to an aromatic ring is 1. The van der Waals surface area contributed by atoms with E-state index in [0.29, 0.717) is 24.9 Å². The second kappa shape index (κ2) is 7.50. The average Bonchev–Trinajstić information content (AvgIpc) is 2.49. The second-order valence-corrected chi connectivity index (χ2v) is 5.48. The minimum absolute atomic E-state index is 0.0529. The van der Waals surface area contributed by atoms with Gasteiger partial charge in [0.05, 0.1) is 24.6 Å². The van der Waals surface area contributed by atoms with Crippen molar-refractivity contribution < 1.29 is 14.2 Å². The number of hydrogen-bond acceptors (Lipinski definition) is 4. The summed E-state index contributed by atoms with van der Waals surface area (Å²) in [6.45, 7) is 2.79. The summed E-state index contributed by atoms with van der Waals surface area (Å²) in [4.78, 5) is 2.11. The summed E-state index contributed by atoms with van der Waals surface area (Å²) in [5.74, 6) is -0.217. The Morgan fingerprint density at radius 2 is 2.05 bits per heavy atom. The van der Waals surface area contributed by atoms with E-state index >= 15 is 0 Å². The fourth-order valence-electron chi connectivity index (χ4n) is 3.07. The number of ether oxygens (including phenoxy) is 1. The van der Waals surface area contributed by atoms with Crippen molar-refractivity contribution in [1.82, 2.24) is 0 Å². The standard InChI is InChI=1S/C16H25FN2O2/c1-2-21-16-11-15(14(18)10-13(16)17)19(8-9-20)12-6-4-3-5-7-12/h10-12,20H,2-9,18H2,1H3. The SMILES string of the molecule is CCOc1cc(N(CCO)C2CCCCC2)c(N)cc1F. The Hall–Kier alpha value is -1.49. The lowest BCUT2D eigenvalue weighted by molar-refractivity contribution is 0.289. The van der Waals surface area contributed by atoms with E-state index in [4.69, 9.17) is 10.5 Å². The quantitative estimate of drug-likeness (QED) is 0.792. The van der Waals surface area contributed by atoms with Gasteiger partial charge in [0.25, 0.3) is 0 Å². The molecule has 1 aromatic carbocycles. The van der Waals surface area contributed by atoms with Crippen LogP contribution in [0.2, 0.25) is 0 Å². The van der Waals surface area contributed by atoms with Crippen LogP contribution in [-0.4, -0.2) is 30.9 Å². The summed E-state index contributed by atoms with van der Waals surface area (Å²) < 4.78 is 19.2. The Balaban J connectivity index is 2.31. The first-order valence-electron chi connectivity index (χ1n) is 7.76. The van der Waals surface area contributed by atoms with E-state index < -0.39 is 5.82 Å². The number of hydrogen-bond donors (Lipinski definition) is 2. The molecule has 0 bridgehead atoms. The average molecular weight is 296 g/mol. The predicted molar refractivity (Wildman–Crippen MR) is 83.3 cm³/mol. The third kappa shape index (κ3) is 3.79. The molecule has 2 rings (SSSR count). The van der Waals surface area contributed by atoms with Gasteiger partial charge in [-0.2, -0.15) is 0 Å². The highest BCUT2D eigenvalue weighted by atomic mass is 19.1. The third-order valence-corrected chi connectivity index (χ3v) is 4.05. The molecule has 1 fully saturated rings. The van der Waals surface area contributed by atoms with Crippen molar-refractivity contribution in [2.45, 2.75) is 45.1 Å². The van der Waals surface area contributed by atoms with Gasteiger partial charge in [-0.3, -0.25) is 0 Å². The van der Waals surface area contributed by atoms with Crippen molar-refractivity contribution in [3.05, 3.63) is 17.9 Å². The van der Waals surface area contributed by atoms with Crippen LogP contribution in [-0.2, 0) is 0 Å². The van der Waals surface area contributed by atoms with Crippen LogP contribution in [0.5, 0.6) is 5.75 Å². The maximum absolute atomic E-state index is 13.8. The molecule has 3 N–H and O–H groups in total. The summed E-state index contributed by atoms with van der Waals surface area (Å²) in [7, 11) is 0. The lowest BCUT2D eigenvalue weighted by Crippen LogP contribution is -2.39. The van der Waals surface area contributed by atoms with E-state index in [0.717, 1.165) is 18.5 Å². The van der Waals surface area contributed by atoms with Crippen LogP contribution in [0, 0.1) is 5.82 Å². The van der Waals surface area contributed by atoms with Crippen molar-refractivity contribution in [3.8, 4) is 5.75 Å². The molecule has 118 valence electrons. The van der Waals surface area contributed by atoms with Gasteiger partial charge in [-0.15, -0.1) is 0 Å². The highest BCUT2D eigenvalue weighted by molar-refractivity contribution is 5.70. The van der Waals surface area contributed by atoms with Crippen molar-refractivity contribution in [3.63, 3.8) is 0 Å². The van der Waals surface area contributed by atoms with Gasteiger partial charge in [0.2, 0.25) is 0 Å². The number of rotatable bonds is 6. The molecule has 0 unspecified atom stereocenters. The molecule has 5 heteroatoms. The largest absolute Gasteiger partial charge is 0.491 e. The van der Waals surface area contributed by atoms with Gasteiger partial charge in [0.1, 0.15) is 0 Å². The van der Waals surface area contributed by atoms with Crippen LogP contribution in [0.15, 0.2) is 12.1 Å². The summed E-state index contributed by atoms with van der Waals surface area (Å²) in [5, 5.41) is 9.36. The van der Waals surface area contributed by atoms with E-state index in [9.17, 15) is 9.50 Å². The zero-order chi connectivity index (χ0) is 15.2. The van der Waals surface area contributed by atoms with Crippen LogP contribution in [0.4, 0.5) is 15.8 Å². The molecule has 0 atom stereocenters.